The molecule has 0 N–H and O–H groups in total. The van der Waals surface area contributed by atoms with Crippen molar-refractivity contribution in [3.05, 3.63) is 0 Å². The Labute approximate surface area is 41.3 Å². The third-order valence-electron chi connectivity index (χ3n) is 0.898. The smallest absolute Gasteiger partial charge is 0.135 e. The molecule has 1 rings (SSSR count). The first-order valence-electron chi connectivity index (χ1n) is 1.95. The summed E-state index contributed by atoms with van der Waals surface area (Å²) in [5.41, 5.74) is 0. The number of ketones is 1. The second-order valence-electron chi connectivity index (χ2n) is 1.54. The van der Waals surface area contributed by atoms with Gasteiger partial charge < -0.3 is 0 Å². The number of hydrogen-bond donors (Lipinski definition) is 0. The van der Waals surface area contributed by atoms with Gasteiger partial charge in [-0.3, -0.25) is 4.79 Å². The molecule has 0 bridgehead atoms. The molecule has 0 heterocycles. The number of carbonyl (C=O) groups is 1. The van der Waals surface area contributed by atoms with Gasteiger partial charge in [0.25, 0.3) is 0 Å². The highest BCUT2D eigenvalue weighted by Gasteiger charge is 2.23. The van der Waals surface area contributed by atoms with Crippen LogP contribution in [0.15, 0.2) is 0 Å². The monoisotopic (exact) mass is 104 g/mol. The van der Waals surface area contributed by atoms with Gasteiger partial charge in [0.05, 0.1) is 0 Å². The molecule has 0 aromatic rings. The molecule has 0 aliphatic heterocycles. The summed E-state index contributed by atoms with van der Waals surface area (Å²) in [5, 5.41) is 0.164. The summed E-state index contributed by atoms with van der Waals surface area (Å²) in [5.74, 6) is 0.301. The van der Waals surface area contributed by atoms with Crippen molar-refractivity contribution in [3.63, 3.8) is 0 Å². The minimum atomic E-state index is 0.164. The highest BCUT2D eigenvalue weighted by Crippen LogP contribution is 2.19. The lowest BCUT2D eigenvalue weighted by Gasteiger charge is -2.15. The first kappa shape index (κ1) is 4.13. The highest BCUT2D eigenvalue weighted by atomic mass is 35.5. The summed E-state index contributed by atoms with van der Waals surface area (Å²) in [7, 11) is 0. The van der Waals surface area contributed by atoms with E-state index in [2.05, 4.69) is 0 Å². The van der Waals surface area contributed by atoms with Gasteiger partial charge in [0.2, 0.25) is 0 Å². The van der Waals surface area contributed by atoms with E-state index < -0.39 is 0 Å². The van der Waals surface area contributed by atoms with Crippen LogP contribution in [0.2, 0.25) is 0 Å². The number of carbonyl (C=O) groups excluding carboxylic acids is 1. The average Bonchev–Trinajstić information content (AvgIpc) is 1.33. The average molecular weight is 105 g/mol. The molecule has 1 nitrogen and oxygen atoms in total. The SMILES string of the molecule is O=C1CC(Cl)C1. The maximum Gasteiger partial charge on any atom is 0.135 e. The van der Waals surface area contributed by atoms with Crippen LogP contribution in [0.3, 0.4) is 0 Å². The Balaban J connectivity index is 2.28. The largest absolute Gasteiger partial charge is 0.300 e. The van der Waals surface area contributed by atoms with Gasteiger partial charge in [-0.05, 0) is 0 Å². The van der Waals surface area contributed by atoms with E-state index in [1.165, 1.54) is 0 Å². The Bertz CT molecular complexity index is 71.6. The molecular weight excluding hydrogens is 99.5 g/mol. The fraction of sp³-hybridized carbons (Fsp3) is 0.750. The van der Waals surface area contributed by atoms with Gasteiger partial charge in [0.15, 0.2) is 0 Å². The standard InChI is InChI=1S/C4H5ClO/c5-3-1-4(6)2-3/h3H,1-2H2. The quantitative estimate of drug-likeness (QED) is 0.419. The molecule has 6 heavy (non-hydrogen) atoms. The minimum Gasteiger partial charge on any atom is -0.300 e. The maximum absolute atomic E-state index is 10.0. The van der Waals surface area contributed by atoms with E-state index >= 15 is 0 Å². The second-order valence-corrected chi connectivity index (χ2v) is 2.16. The summed E-state index contributed by atoms with van der Waals surface area (Å²) in [6.45, 7) is 0. The fourth-order valence-corrected chi connectivity index (χ4v) is 0.778. The van der Waals surface area contributed by atoms with E-state index in [1.807, 2.05) is 0 Å². The van der Waals surface area contributed by atoms with Crippen molar-refractivity contribution in [2.75, 3.05) is 0 Å². The van der Waals surface area contributed by atoms with Gasteiger partial charge >= 0.3 is 0 Å². The molecule has 0 unspecified atom stereocenters. The summed E-state index contributed by atoms with van der Waals surface area (Å²) in [6.07, 6.45) is 1.20. The van der Waals surface area contributed by atoms with Crippen LogP contribution in [0.4, 0.5) is 0 Å². The van der Waals surface area contributed by atoms with Crippen molar-refractivity contribution in [1.82, 2.24) is 0 Å². The van der Waals surface area contributed by atoms with Gasteiger partial charge in [-0.2, -0.15) is 0 Å². The zero-order valence-corrected chi connectivity index (χ0v) is 4.03. The molecule has 2 heteroatoms. The molecule has 1 saturated carbocycles. The highest BCUT2D eigenvalue weighted by molar-refractivity contribution is 6.25. The molecule has 0 spiro atoms. The lowest BCUT2D eigenvalue weighted by atomic mass is 9.98. The Morgan fingerprint density at radius 3 is 2.17 bits per heavy atom. The van der Waals surface area contributed by atoms with Crippen molar-refractivity contribution < 1.29 is 4.79 Å². The van der Waals surface area contributed by atoms with Crippen LogP contribution in [0.5, 0.6) is 0 Å². The number of halogens is 1. The maximum atomic E-state index is 10.0. The van der Waals surface area contributed by atoms with Crippen LogP contribution in [0.1, 0.15) is 12.8 Å². The zero-order chi connectivity index (χ0) is 4.57. The van der Waals surface area contributed by atoms with Crippen molar-refractivity contribution in [2.45, 2.75) is 18.2 Å². The van der Waals surface area contributed by atoms with Gasteiger partial charge in [0, 0.05) is 18.2 Å². The van der Waals surface area contributed by atoms with E-state index in [0.29, 0.717) is 18.6 Å². The lowest BCUT2D eigenvalue weighted by Crippen LogP contribution is -2.22. The van der Waals surface area contributed by atoms with E-state index in [1.54, 1.807) is 0 Å². The molecule has 0 saturated heterocycles. The fourth-order valence-electron chi connectivity index (χ4n) is 0.434. The Hall–Kier alpha value is -0.0400. The topological polar surface area (TPSA) is 17.1 Å². The molecule has 0 amide bonds. The van der Waals surface area contributed by atoms with Crippen LogP contribution in [-0.4, -0.2) is 11.2 Å². The second kappa shape index (κ2) is 1.23. The molecule has 1 fully saturated rings. The van der Waals surface area contributed by atoms with Crippen LogP contribution in [0.25, 0.3) is 0 Å². The van der Waals surface area contributed by atoms with E-state index in [4.69, 9.17) is 11.6 Å². The lowest BCUT2D eigenvalue weighted by molar-refractivity contribution is -0.123. The van der Waals surface area contributed by atoms with E-state index in [-0.39, 0.29) is 5.38 Å². The molecule has 0 atom stereocenters. The van der Waals surface area contributed by atoms with Crippen molar-refractivity contribution in [3.8, 4) is 0 Å². The van der Waals surface area contributed by atoms with Crippen molar-refractivity contribution in [1.29, 1.82) is 0 Å². The van der Waals surface area contributed by atoms with Crippen molar-refractivity contribution in [2.24, 2.45) is 0 Å². The molecule has 1 aliphatic carbocycles. The summed E-state index contributed by atoms with van der Waals surface area (Å²) in [4.78, 5) is 10.0. The Kier molecular flexibility index (Phi) is 0.845. The first-order valence-corrected chi connectivity index (χ1v) is 2.38. The predicted octanol–water partition coefficient (Wildman–Crippen LogP) is 0.957. The van der Waals surface area contributed by atoms with Gasteiger partial charge in [-0.15, -0.1) is 11.6 Å². The summed E-state index contributed by atoms with van der Waals surface area (Å²) < 4.78 is 0. The predicted molar refractivity (Wildman–Crippen MR) is 23.9 cm³/mol. The molecular formula is C4H5ClO. The zero-order valence-electron chi connectivity index (χ0n) is 3.28. The van der Waals surface area contributed by atoms with Crippen LogP contribution in [-0.2, 0) is 4.79 Å². The Morgan fingerprint density at radius 2 is 2.17 bits per heavy atom. The van der Waals surface area contributed by atoms with Gasteiger partial charge in [-0.25, -0.2) is 0 Å². The molecule has 34 valence electrons. The van der Waals surface area contributed by atoms with Crippen LogP contribution >= 0.6 is 11.6 Å². The number of alkyl halides is 1. The Morgan fingerprint density at radius 1 is 1.67 bits per heavy atom. The van der Waals surface area contributed by atoms with E-state index in [9.17, 15) is 4.79 Å². The molecule has 1 aliphatic rings. The van der Waals surface area contributed by atoms with Crippen LogP contribution < -0.4 is 0 Å². The molecule has 0 aromatic heterocycles. The summed E-state index contributed by atoms with van der Waals surface area (Å²) >= 11 is 5.42. The van der Waals surface area contributed by atoms with Crippen molar-refractivity contribution >= 4 is 17.4 Å². The van der Waals surface area contributed by atoms with E-state index in [0.717, 1.165) is 0 Å². The minimum absolute atomic E-state index is 0.164. The third kappa shape index (κ3) is 0.548. The van der Waals surface area contributed by atoms with Crippen LogP contribution in [0, 0.1) is 0 Å². The summed E-state index contributed by atoms with van der Waals surface area (Å²) in [6, 6.07) is 0. The molecule has 0 aromatic carbocycles. The number of Topliss-reactive ketones (excluding diaryl/α,β-unsaturated/α-hetero) is 1. The number of hydrogen-bond acceptors (Lipinski definition) is 1. The first-order chi connectivity index (χ1) is 2.79. The normalized spacial score (nSPS) is 23.8. The van der Waals surface area contributed by atoms with Gasteiger partial charge in [0.1, 0.15) is 5.78 Å². The number of rotatable bonds is 0. The van der Waals surface area contributed by atoms with Gasteiger partial charge in [-0.1, -0.05) is 0 Å². The third-order valence-corrected chi connectivity index (χ3v) is 1.21. The molecule has 0 radical (unpaired) electrons.